The second kappa shape index (κ2) is 7.81. The molecule has 0 radical (unpaired) electrons. The first-order valence-electron chi connectivity index (χ1n) is 6.75. The highest BCUT2D eigenvalue weighted by atomic mass is 35.5. The summed E-state index contributed by atoms with van der Waals surface area (Å²) in [5.41, 5.74) is 2.06. The van der Waals surface area contributed by atoms with Gasteiger partial charge < -0.3 is 9.64 Å². The van der Waals surface area contributed by atoms with Crippen LogP contribution >= 0.6 is 11.6 Å². The van der Waals surface area contributed by atoms with Gasteiger partial charge in [-0.1, -0.05) is 54.1 Å². The van der Waals surface area contributed by atoms with E-state index < -0.39 is 0 Å². The van der Waals surface area contributed by atoms with Gasteiger partial charge in [0.1, 0.15) is 6.61 Å². The van der Waals surface area contributed by atoms with Crippen LogP contribution in [0.5, 0.6) is 0 Å². The molecular weight excluding hydrogens is 286 g/mol. The zero-order valence-corrected chi connectivity index (χ0v) is 12.7. The molecule has 0 aliphatic carbocycles. The number of likely N-dealkylation sites (N-methyl/N-ethyl adjacent to an activating group) is 1. The summed E-state index contributed by atoms with van der Waals surface area (Å²) in [6, 6.07) is 17.3. The van der Waals surface area contributed by atoms with E-state index in [1.165, 1.54) is 0 Å². The van der Waals surface area contributed by atoms with Gasteiger partial charge in [0.05, 0.1) is 6.61 Å². The van der Waals surface area contributed by atoms with Crippen molar-refractivity contribution in [1.82, 2.24) is 4.90 Å². The van der Waals surface area contributed by atoms with Gasteiger partial charge >= 0.3 is 0 Å². The van der Waals surface area contributed by atoms with Crippen LogP contribution in [0.3, 0.4) is 0 Å². The van der Waals surface area contributed by atoms with Crippen LogP contribution in [0.2, 0.25) is 5.02 Å². The normalized spacial score (nSPS) is 10.4. The SMILES string of the molecule is CN(Cc1cccc(Cl)c1)C(=O)COCc1ccccc1. The van der Waals surface area contributed by atoms with E-state index in [-0.39, 0.29) is 12.5 Å². The topological polar surface area (TPSA) is 29.5 Å². The lowest BCUT2D eigenvalue weighted by Gasteiger charge is -2.17. The maximum atomic E-state index is 12.0. The summed E-state index contributed by atoms with van der Waals surface area (Å²) >= 11 is 5.93. The number of ether oxygens (including phenoxy) is 1. The van der Waals surface area contributed by atoms with Crippen molar-refractivity contribution in [3.63, 3.8) is 0 Å². The molecule has 0 bridgehead atoms. The molecule has 2 rings (SSSR count). The second-order valence-corrected chi connectivity index (χ2v) is 5.29. The van der Waals surface area contributed by atoms with Crippen molar-refractivity contribution >= 4 is 17.5 Å². The predicted molar refractivity (Wildman–Crippen MR) is 84.0 cm³/mol. The Morgan fingerprint density at radius 2 is 1.81 bits per heavy atom. The van der Waals surface area contributed by atoms with Crippen molar-refractivity contribution in [2.24, 2.45) is 0 Å². The van der Waals surface area contributed by atoms with Crippen LogP contribution in [0.15, 0.2) is 54.6 Å². The molecule has 1 amide bonds. The third-order valence-corrected chi connectivity index (χ3v) is 3.31. The van der Waals surface area contributed by atoms with E-state index in [2.05, 4.69) is 0 Å². The van der Waals surface area contributed by atoms with E-state index in [1.807, 2.05) is 54.6 Å². The molecule has 21 heavy (non-hydrogen) atoms. The van der Waals surface area contributed by atoms with Gasteiger partial charge in [-0.05, 0) is 23.3 Å². The predicted octanol–water partition coefficient (Wildman–Crippen LogP) is 3.52. The number of carbonyl (C=O) groups excluding carboxylic acids is 1. The molecule has 0 heterocycles. The van der Waals surface area contributed by atoms with E-state index in [4.69, 9.17) is 16.3 Å². The number of hydrogen-bond acceptors (Lipinski definition) is 2. The smallest absolute Gasteiger partial charge is 0.248 e. The third kappa shape index (κ3) is 5.21. The lowest BCUT2D eigenvalue weighted by Crippen LogP contribution is -2.29. The molecule has 0 atom stereocenters. The molecule has 110 valence electrons. The summed E-state index contributed by atoms with van der Waals surface area (Å²) in [7, 11) is 1.76. The van der Waals surface area contributed by atoms with Crippen molar-refractivity contribution in [2.45, 2.75) is 13.2 Å². The minimum absolute atomic E-state index is 0.0501. The maximum Gasteiger partial charge on any atom is 0.248 e. The number of rotatable bonds is 6. The van der Waals surface area contributed by atoms with Gasteiger partial charge in [0.15, 0.2) is 0 Å². The fourth-order valence-electron chi connectivity index (χ4n) is 1.94. The van der Waals surface area contributed by atoms with Crippen LogP contribution in [0.25, 0.3) is 0 Å². The molecule has 0 unspecified atom stereocenters. The van der Waals surface area contributed by atoms with Gasteiger partial charge in [-0.15, -0.1) is 0 Å². The highest BCUT2D eigenvalue weighted by molar-refractivity contribution is 6.30. The largest absolute Gasteiger partial charge is 0.367 e. The van der Waals surface area contributed by atoms with Gasteiger partial charge in [0, 0.05) is 18.6 Å². The minimum Gasteiger partial charge on any atom is -0.367 e. The van der Waals surface area contributed by atoms with Gasteiger partial charge in [-0.3, -0.25) is 4.79 Å². The molecule has 3 nitrogen and oxygen atoms in total. The van der Waals surface area contributed by atoms with Crippen molar-refractivity contribution < 1.29 is 9.53 Å². The fourth-order valence-corrected chi connectivity index (χ4v) is 2.15. The summed E-state index contributed by atoms with van der Waals surface area (Å²) in [5.74, 6) is -0.0501. The van der Waals surface area contributed by atoms with E-state index in [0.29, 0.717) is 18.2 Å². The maximum absolute atomic E-state index is 12.0. The molecule has 0 N–H and O–H groups in total. The first-order valence-corrected chi connectivity index (χ1v) is 7.13. The number of nitrogens with zero attached hydrogens (tertiary/aromatic N) is 1. The summed E-state index contributed by atoms with van der Waals surface area (Å²) in [5, 5.41) is 0.675. The molecule has 4 heteroatoms. The average molecular weight is 304 g/mol. The molecule has 0 saturated heterocycles. The molecule has 0 saturated carbocycles. The third-order valence-electron chi connectivity index (χ3n) is 3.07. The Bertz CT molecular complexity index is 586. The highest BCUT2D eigenvalue weighted by Crippen LogP contribution is 2.12. The molecule has 0 aliphatic rings. The van der Waals surface area contributed by atoms with Crippen molar-refractivity contribution in [3.05, 3.63) is 70.7 Å². The number of amides is 1. The van der Waals surface area contributed by atoms with Gasteiger partial charge in [-0.25, -0.2) is 0 Å². The summed E-state index contributed by atoms with van der Waals surface area (Å²) in [4.78, 5) is 13.6. The van der Waals surface area contributed by atoms with Gasteiger partial charge in [-0.2, -0.15) is 0 Å². The quantitative estimate of drug-likeness (QED) is 0.817. The van der Waals surface area contributed by atoms with E-state index in [9.17, 15) is 4.79 Å². The molecule has 0 aromatic heterocycles. The monoisotopic (exact) mass is 303 g/mol. The Hall–Kier alpha value is -1.84. The molecular formula is C17H18ClNO2. The van der Waals surface area contributed by atoms with Crippen molar-refractivity contribution in [2.75, 3.05) is 13.7 Å². The Balaban J connectivity index is 1.77. The Labute approximate surface area is 130 Å². The first kappa shape index (κ1) is 15.5. The molecule has 2 aromatic carbocycles. The Morgan fingerprint density at radius 3 is 2.52 bits per heavy atom. The second-order valence-electron chi connectivity index (χ2n) is 4.86. The van der Waals surface area contributed by atoms with Crippen LogP contribution in [0.4, 0.5) is 0 Å². The van der Waals surface area contributed by atoms with E-state index in [0.717, 1.165) is 11.1 Å². The summed E-state index contributed by atoms with van der Waals surface area (Å²) < 4.78 is 5.45. The Morgan fingerprint density at radius 1 is 1.10 bits per heavy atom. The molecule has 0 fully saturated rings. The minimum atomic E-state index is -0.0501. The van der Waals surface area contributed by atoms with Crippen LogP contribution < -0.4 is 0 Å². The van der Waals surface area contributed by atoms with Crippen molar-refractivity contribution in [3.8, 4) is 0 Å². The van der Waals surface area contributed by atoms with Gasteiger partial charge in [0.2, 0.25) is 5.91 Å². The average Bonchev–Trinajstić information content (AvgIpc) is 2.48. The van der Waals surface area contributed by atoms with Crippen LogP contribution in [0, 0.1) is 0 Å². The number of carbonyl (C=O) groups is 1. The summed E-state index contributed by atoms with van der Waals surface area (Å²) in [6.07, 6.45) is 0. The van der Waals surface area contributed by atoms with E-state index >= 15 is 0 Å². The highest BCUT2D eigenvalue weighted by Gasteiger charge is 2.09. The lowest BCUT2D eigenvalue weighted by molar-refractivity contribution is -0.135. The van der Waals surface area contributed by atoms with Crippen LogP contribution in [-0.4, -0.2) is 24.5 Å². The molecule has 2 aromatic rings. The van der Waals surface area contributed by atoms with Crippen LogP contribution in [0.1, 0.15) is 11.1 Å². The van der Waals surface area contributed by atoms with Gasteiger partial charge in [0.25, 0.3) is 0 Å². The molecule has 0 spiro atoms. The lowest BCUT2D eigenvalue weighted by atomic mass is 10.2. The summed E-state index contributed by atoms with van der Waals surface area (Å²) in [6.45, 7) is 1.04. The number of benzene rings is 2. The fraction of sp³-hybridized carbons (Fsp3) is 0.235. The molecule has 0 aliphatic heterocycles. The van der Waals surface area contributed by atoms with Crippen molar-refractivity contribution in [1.29, 1.82) is 0 Å². The number of hydrogen-bond donors (Lipinski definition) is 0. The Kier molecular flexibility index (Phi) is 5.78. The first-order chi connectivity index (χ1) is 10.1. The number of halogens is 1. The standard InChI is InChI=1S/C17H18ClNO2/c1-19(11-15-8-5-9-16(18)10-15)17(20)13-21-12-14-6-3-2-4-7-14/h2-10H,11-13H2,1H3. The van der Waals surface area contributed by atoms with E-state index in [1.54, 1.807) is 11.9 Å². The zero-order valence-electron chi connectivity index (χ0n) is 12.0. The zero-order chi connectivity index (χ0) is 15.1. The van der Waals surface area contributed by atoms with Crippen LogP contribution in [-0.2, 0) is 22.7 Å².